The zero-order valence-corrected chi connectivity index (χ0v) is 12.4. The van der Waals surface area contributed by atoms with E-state index in [1.807, 2.05) is 54.5 Å². The van der Waals surface area contributed by atoms with Gasteiger partial charge in [-0.1, -0.05) is 36.4 Å². The molecule has 2 rings (SSSR count). The lowest BCUT2D eigenvalue weighted by atomic mass is 10.2. The van der Waals surface area contributed by atoms with E-state index in [2.05, 4.69) is 22.4 Å². The maximum absolute atomic E-state index is 5.39. The normalized spacial score (nSPS) is 10.1. The summed E-state index contributed by atoms with van der Waals surface area (Å²) < 4.78 is 0. The second-order valence-electron chi connectivity index (χ2n) is 4.64. The molecule has 4 heteroatoms. The first-order valence-corrected chi connectivity index (χ1v) is 7.09. The Morgan fingerprint density at radius 2 is 1.90 bits per heavy atom. The van der Waals surface area contributed by atoms with Gasteiger partial charge in [-0.25, -0.2) is 0 Å². The van der Waals surface area contributed by atoms with Crippen LogP contribution in [0.5, 0.6) is 0 Å². The van der Waals surface area contributed by atoms with Crippen molar-refractivity contribution in [1.82, 2.24) is 15.2 Å². The first kappa shape index (κ1) is 14.5. The quantitative estimate of drug-likeness (QED) is 0.855. The smallest absolute Gasteiger partial charge is 0.168 e. The van der Waals surface area contributed by atoms with Crippen LogP contribution in [0.3, 0.4) is 0 Å². The molecule has 0 amide bonds. The molecular formula is C16H19N3S. The molecule has 0 aliphatic carbocycles. The molecule has 20 heavy (non-hydrogen) atoms. The van der Waals surface area contributed by atoms with Gasteiger partial charge in [0.2, 0.25) is 0 Å². The molecule has 0 spiro atoms. The van der Waals surface area contributed by atoms with Crippen molar-refractivity contribution in [3.63, 3.8) is 0 Å². The van der Waals surface area contributed by atoms with Crippen LogP contribution in [-0.4, -0.2) is 28.6 Å². The minimum absolute atomic E-state index is 0.758. The molecule has 0 unspecified atom stereocenters. The van der Waals surface area contributed by atoms with E-state index in [1.165, 1.54) is 5.56 Å². The number of benzene rings is 1. The highest BCUT2D eigenvalue weighted by molar-refractivity contribution is 7.80. The van der Waals surface area contributed by atoms with Crippen LogP contribution >= 0.6 is 12.2 Å². The third-order valence-corrected chi connectivity index (χ3v) is 3.52. The first-order chi connectivity index (χ1) is 9.75. The van der Waals surface area contributed by atoms with Gasteiger partial charge in [-0.3, -0.25) is 4.98 Å². The van der Waals surface area contributed by atoms with Gasteiger partial charge in [-0.05, 0) is 29.9 Å². The predicted molar refractivity (Wildman–Crippen MR) is 86.5 cm³/mol. The van der Waals surface area contributed by atoms with Crippen molar-refractivity contribution in [2.24, 2.45) is 0 Å². The van der Waals surface area contributed by atoms with Crippen LogP contribution in [0.2, 0.25) is 0 Å². The van der Waals surface area contributed by atoms with Gasteiger partial charge in [-0.15, -0.1) is 0 Å². The van der Waals surface area contributed by atoms with E-state index in [9.17, 15) is 0 Å². The Labute approximate surface area is 125 Å². The number of nitrogens with one attached hydrogen (secondary N) is 1. The van der Waals surface area contributed by atoms with E-state index in [4.69, 9.17) is 12.2 Å². The summed E-state index contributed by atoms with van der Waals surface area (Å²) in [6.07, 6.45) is 2.71. The Bertz CT molecular complexity index is 528. The molecule has 0 aliphatic heterocycles. The Morgan fingerprint density at radius 3 is 2.60 bits per heavy atom. The van der Waals surface area contributed by atoms with E-state index in [-0.39, 0.29) is 0 Å². The highest BCUT2D eigenvalue weighted by Crippen LogP contribution is 1.99. The molecule has 2 aromatic rings. The van der Waals surface area contributed by atoms with Gasteiger partial charge in [0, 0.05) is 38.4 Å². The van der Waals surface area contributed by atoms with Crippen LogP contribution < -0.4 is 5.32 Å². The molecule has 1 N–H and O–H groups in total. The van der Waals surface area contributed by atoms with E-state index in [1.54, 1.807) is 0 Å². The molecular weight excluding hydrogens is 266 g/mol. The highest BCUT2D eigenvalue weighted by Gasteiger charge is 2.04. The third-order valence-electron chi connectivity index (χ3n) is 3.06. The number of pyridine rings is 1. The van der Waals surface area contributed by atoms with Crippen LogP contribution in [0.1, 0.15) is 11.3 Å². The third kappa shape index (κ3) is 4.63. The summed E-state index contributed by atoms with van der Waals surface area (Å²) >= 11 is 5.39. The van der Waals surface area contributed by atoms with Crippen LogP contribution in [0.15, 0.2) is 54.7 Å². The SMILES string of the molecule is CN(CCc1ccccn1)C(=S)NCc1ccccc1. The van der Waals surface area contributed by atoms with Gasteiger partial charge in [-0.2, -0.15) is 0 Å². The zero-order chi connectivity index (χ0) is 14.2. The number of aromatic nitrogens is 1. The van der Waals surface area contributed by atoms with Crippen LogP contribution in [0, 0.1) is 0 Å². The standard InChI is InChI=1S/C16H19N3S/c1-19(12-10-15-9-5-6-11-17-15)16(20)18-13-14-7-3-2-4-8-14/h2-9,11H,10,12-13H2,1H3,(H,18,20). The molecule has 0 atom stereocenters. The summed E-state index contributed by atoms with van der Waals surface area (Å²) in [5.74, 6) is 0. The lowest BCUT2D eigenvalue weighted by Gasteiger charge is -2.20. The Morgan fingerprint density at radius 1 is 1.15 bits per heavy atom. The maximum Gasteiger partial charge on any atom is 0.168 e. The van der Waals surface area contributed by atoms with Crippen molar-refractivity contribution < 1.29 is 0 Å². The zero-order valence-electron chi connectivity index (χ0n) is 11.6. The summed E-state index contributed by atoms with van der Waals surface area (Å²) in [7, 11) is 2.00. The second-order valence-corrected chi connectivity index (χ2v) is 5.02. The van der Waals surface area contributed by atoms with Crippen molar-refractivity contribution in [2.75, 3.05) is 13.6 Å². The monoisotopic (exact) mass is 285 g/mol. The summed E-state index contributed by atoms with van der Waals surface area (Å²) in [5, 5.41) is 4.04. The van der Waals surface area contributed by atoms with Crippen molar-refractivity contribution in [1.29, 1.82) is 0 Å². The Kier molecular flexibility index (Phi) is 5.50. The summed E-state index contributed by atoms with van der Waals surface area (Å²) in [6.45, 7) is 1.62. The lowest BCUT2D eigenvalue weighted by molar-refractivity contribution is 0.494. The first-order valence-electron chi connectivity index (χ1n) is 6.68. The van der Waals surface area contributed by atoms with Gasteiger partial charge in [0.25, 0.3) is 0 Å². The average Bonchev–Trinajstić information content (AvgIpc) is 2.52. The summed E-state index contributed by atoms with van der Waals surface area (Å²) in [6, 6.07) is 16.2. The number of likely N-dealkylation sites (N-methyl/N-ethyl adjacent to an activating group) is 1. The maximum atomic E-state index is 5.39. The molecule has 0 saturated heterocycles. The molecule has 0 radical (unpaired) electrons. The Hall–Kier alpha value is -1.94. The van der Waals surface area contributed by atoms with Gasteiger partial charge in [0.05, 0.1) is 0 Å². The second kappa shape index (κ2) is 7.60. The van der Waals surface area contributed by atoms with Crippen molar-refractivity contribution >= 4 is 17.3 Å². The highest BCUT2D eigenvalue weighted by atomic mass is 32.1. The number of hydrogen-bond acceptors (Lipinski definition) is 2. The average molecular weight is 285 g/mol. The van der Waals surface area contributed by atoms with Crippen molar-refractivity contribution in [3.05, 3.63) is 66.0 Å². The molecule has 0 bridgehead atoms. The fraction of sp³-hybridized carbons (Fsp3) is 0.250. The lowest BCUT2D eigenvalue weighted by Crippen LogP contribution is -2.37. The van der Waals surface area contributed by atoms with Crippen molar-refractivity contribution in [3.8, 4) is 0 Å². The van der Waals surface area contributed by atoms with Gasteiger partial charge >= 0.3 is 0 Å². The minimum Gasteiger partial charge on any atom is -0.358 e. The van der Waals surface area contributed by atoms with Crippen LogP contribution in [0.25, 0.3) is 0 Å². The number of nitrogens with zero attached hydrogens (tertiary/aromatic N) is 2. The van der Waals surface area contributed by atoms with E-state index in [0.717, 1.165) is 30.3 Å². The van der Waals surface area contributed by atoms with Gasteiger partial charge in [0.1, 0.15) is 0 Å². The summed E-state index contributed by atoms with van der Waals surface area (Å²) in [4.78, 5) is 6.36. The molecule has 1 aromatic heterocycles. The topological polar surface area (TPSA) is 28.2 Å². The van der Waals surface area contributed by atoms with E-state index in [0.29, 0.717) is 0 Å². The number of hydrogen-bond donors (Lipinski definition) is 1. The largest absolute Gasteiger partial charge is 0.358 e. The van der Waals surface area contributed by atoms with Crippen molar-refractivity contribution in [2.45, 2.75) is 13.0 Å². The predicted octanol–water partition coefficient (Wildman–Crippen LogP) is 2.63. The Balaban J connectivity index is 1.75. The van der Waals surface area contributed by atoms with Gasteiger partial charge in [0.15, 0.2) is 5.11 Å². The molecule has 0 saturated carbocycles. The fourth-order valence-electron chi connectivity index (χ4n) is 1.84. The number of thiocarbonyl (C=S) groups is 1. The molecule has 0 aliphatic rings. The molecule has 1 heterocycles. The molecule has 3 nitrogen and oxygen atoms in total. The number of rotatable bonds is 5. The molecule has 0 fully saturated rings. The summed E-state index contributed by atoms with van der Waals surface area (Å²) in [5.41, 5.74) is 2.32. The van der Waals surface area contributed by atoms with Crippen LogP contribution in [0.4, 0.5) is 0 Å². The van der Waals surface area contributed by atoms with Crippen LogP contribution in [-0.2, 0) is 13.0 Å². The van der Waals surface area contributed by atoms with Gasteiger partial charge < -0.3 is 10.2 Å². The minimum atomic E-state index is 0.758. The fourth-order valence-corrected chi connectivity index (χ4v) is 2.00. The molecule has 1 aromatic carbocycles. The van der Waals surface area contributed by atoms with E-state index >= 15 is 0 Å². The molecule has 104 valence electrons. The van der Waals surface area contributed by atoms with E-state index < -0.39 is 0 Å².